The van der Waals surface area contributed by atoms with Gasteiger partial charge in [0.1, 0.15) is 18.0 Å². The van der Waals surface area contributed by atoms with E-state index in [9.17, 15) is 4.79 Å². The van der Waals surface area contributed by atoms with Crippen LogP contribution in [0.15, 0.2) is 42.5 Å². The maximum Gasteiger partial charge on any atom is 0.252 e. The van der Waals surface area contributed by atoms with Crippen LogP contribution in [0, 0.1) is 11.3 Å². The highest BCUT2D eigenvalue weighted by molar-refractivity contribution is 5.97. The summed E-state index contributed by atoms with van der Waals surface area (Å²) in [5, 5.41) is 0. The molecule has 9 rings (SSSR count). The Kier molecular flexibility index (Phi) is 4.92. The largest absolute Gasteiger partial charge is 0.493 e. The van der Waals surface area contributed by atoms with Gasteiger partial charge in [-0.05, 0) is 62.6 Å². The second kappa shape index (κ2) is 8.04. The summed E-state index contributed by atoms with van der Waals surface area (Å²) in [5.41, 5.74) is 3.14. The number of piperidine rings is 1. The number of hydrogen-bond acceptors (Lipinski definition) is 7. The monoisotopic (exact) mass is 528 g/mol. The fourth-order valence-electron chi connectivity index (χ4n) is 9.21. The number of carbonyl (C=O) groups excluding carboxylic acids is 1. The predicted octanol–water partition coefficient (Wildman–Crippen LogP) is 3.29. The molecule has 8 nitrogen and oxygen atoms in total. The van der Waals surface area contributed by atoms with Gasteiger partial charge in [-0.2, -0.15) is 0 Å². The topological polar surface area (TPSA) is 77.0 Å². The van der Waals surface area contributed by atoms with E-state index in [1.54, 1.807) is 31.5 Å². The number of amides is 1. The van der Waals surface area contributed by atoms with Crippen molar-refractivity contribution in [3.05, 3.63) is 59.2 Å². The summed E-state index contributed by atoms with van der Waals surface area (Å²) in [6, 6.07) is 4.67. The zero-order valence-corrected chi connectivity index (χ0v) is 23.0. The number of carbonyl (C=O) groups is 1. The van der Waals surface area contributed by atoms with E-state index in [0.717, 1.165) is 67.3 Å². The van der Waals surface area contributed by atoms with Gasteiger partial charge in [0.05, 0.1) is 12.5 Å². The van der Waals surface area contributed by atoms with Crippen molar-refractivity contribution in [2.75, 3.05) is 34.4 Å². The van der Waals surface area contributed by atoms with Gasteiger partial charge in [-0.1, -0.05) is 12.1 Å². The first-order valence-corrected chi connectivity index (χ1v) is 14.4. The Labute approximate surface area is 229 Å². The second-order valence-electron chi connectivity index (χ2n) is 12.6. The van der Waals surface area contributed by atoms with Crippen LogP contribution in [0.2, 0.25) is 0 Å². The normalized spacial score (nSPS) is 35.2. The number of likely N-dealkylation sites (tertiary alicyclic amines) is 1. The summed E-state index contributed by atoms with van der Waals surface area (Å²) in [5.74, 6) is 2.47. The predicted molar refractivity (Wildman–Crippen MR) is 143 cm³/mol. The van der Waals surface area contributed by atoms with Crippen LogP contribution < -0.4 is 9.47 Å². The fraction of sp³-hybridized carbons (Fsp3) is 0.581. The molecule has 2 saturated carbocycles. The van der Waals surface area contributed by atoms with Gasteiger partial charge in [0.15, 0.2) is 11.5 Å². The molecule has 0 unspecified atom stereocenters. The quantitative estimate of drug-likeness (QED) is 0.546. The number of methoxy groups -OCH3 is 2. The molecule has 2 aromatic rings. The highest BCUT2D eigenvalue weighted by Crippen LogP contribution is 2.75. The number of hydrogen-bond donors (Lipinski definition) is 0. The number of benzene rings is 1. The number of ether oxygens (including phenoxy) is 3. The number of aromatic nitrogens is 2. The lowest BCUT2D eigenvalue weighted by atomic mass is 9.37. The van der Waals surface area contributed by atoms with E-state index in [2.05, 4.69) is 33.1 Å². The van der Waals surface area contributed by atoms with Gasteiger partial charge in [-0.3, -0.25) is 9.69 Å². The summed E-state index contributed by atoms with van der Waals surface area (Å²) >= 11 is 0. The third-order valence-electron chi connectivity index (χ3n) is 11.0. The van der Waals surface area contributed by atoms with Gasteiger partial charge < -0.3 is 19.1 Å². The first-order chi connectivity index (χ1) is 19.0. The number of nitrogens with zero attached hydrogens (tertiary/aromatic N) is 4. The molecule has 1 amide bonds. The molecule has 0 N–H and O–H groups in total. The van der Waals surface area contributed by atoms with E-state index >= 15 is 0 Å². The zero-order valence-electron chi connectivity index (χ0n) is 23.0. The molecule has 5 atom stereocenters. The molecule has 5 aliphatic carbocycles. The molecular formula is C31H36N4O4. The lowest BCUT2D eigenvalue weighted by Crippen LogP contribution is -2.78. The molecule has 204 valence electrons. The summed E-state index contributed by atoms with van der Waals surface area (Å²) in [6.45, 7) is 2.66. The molecular weight excluding hydrogens is 492 g/mol. The lowest BCUT2D eigenvalue weighted by molar-refractivity contribution is -0.198. The van der Waals surface area contributed by atoms with Crippen LogP contribution >= 0.6 is 0 Å². The van der Waals surface area contributed by atoms with Crippen molar-refractivity contribution in [1.82, 2.24) is 19.8 Å². The second-order valence-corrected chi connectivity index (χ2v) is 12.6. The van der Waals surface area contributed by atoms with E-state index in [1.807, 2.05) is 7.05 Å². The van der Waals surface area contributed by atoms with E-state index in [4.69, 9.17) is 14.2 Å². The third kappa shape index (κ3) is 2.89. The highest BCUT2D eigenvalue weighted by Gasteiger charge is 2.79. The van der Waals surface area contributed by atoms with Crippen molar-refractivity contribution in [3.8, 4) is 11.5 Å². The van der Waals surface area contributed by atoms with Crippen LogP contribution in [-0.4, -0.2) is 77.8 Å². The summed E-state index contributed by atoms with van der Waals surface area (Å²) in [6.07, 6.45) is 13.6. The summed E-state index contributed by atoms with van der Waals surface area (Å²) in [4.78, 5) is 27.2. The molecule has 3 heterocycles. The van der Waals surface area contributed by atoms with Crippen LogP contribution in [0.5, 0.6) is 11.5 Å². The van der Waals surface area contributed by atoms with Gasteiger partial charge in [0.2, 0.25) is 0 Å². The smallest absolute Gasteiger partial charge is 0.252 e. The molecule has 7 aliphatic rings. The van der Waals surface area contributed by atoms with Gasteiger partial charge >= 0.3 is 0 Å². The van der Waals surface area contributed by atoms with Crippen LogP contribution in [0.3, 0.4) is 0 Å². The average Bonchev–Trinajstić information content (AvgIpc) is 3.71. The van der Waals surface area contributed by atoms with E-state index in [-0.39, 0.29) is 22.8 Å². The van der Waals surface area contributed by atoms with Crippen molar-refractivity contribution in [1.29, 1.82) is 0 Å². The minimum Gasteiger partial charge on any atom is -0.493 e. The van der Waals surface area contributed by atoms with Crippen LogP contribution in [0.1, 0.15) is 48.8 Å². The maximum absolute atomic E-state index is 14.3. The average molecular weight is 529 g/mol. The van der Waals surface area contributed by atoms with E-state index in [1.165, 1.54) is 30.3 Å². The van der Waals surface area contributed by atoms with E-state index < -0.39 is 5.60 Å². The molecule has 4 bridgehead atoms. The zero-order chi connectivity index (χ0) is 26.6. The Morgan fingerprint density at radius 2 is 2.00 bits per heavy atom. The molecule has 2 spiro atoms. The van der Waals surface area contributed by atoms with Crippen LogP contribution in [0.4, 0.5) is 0 Å². The number of fused-ring (bicyclic) bond motifs is 1. The maximum atomic E-state index is 14.3. The molecule has 3 fully saturated rings. The summed E-state index contributed by atoms with van der Waals surface area (Å²) in [7, 11) is 5.34. The number of rotatable bonds is 7. The van der Waals surface area contributed by atoms with Crippen LogP contribution in [-0.2, 0) is 27.9 Å². The van der Waals surface area contributed by atoms with Crippen molar-refractivity contribution in [3.63, 3.8) is 0 Å². The Hall–Kier alpha value is -2.97. The Bertz CT molecular complexity index is 1390. The molecule has 8 heteroatoms. The molecule has 0 radical (unpaired) electrons. The van der Waals surface area contributed by atoms with Gasteiger partial charge in [-0.15, -0.1) is 0 Å². The van der Waals surface area contributed by atoms with Crippen molar-refractivity contribution in [2.45, 2.75) is 68.2 Å². The molecule has 1 saturated heterocycles. The first kappa shape index (κ1) is 23.9. The Balaban J connectivity index is 1.30. The Morgan fingerprint density at radius 1 is 1.18 bits per heavy atom. The molecule has 1 aromatic heterocycles. The lowest BCUT2D eigenvalue weighted by Gasteiger charge is -2.70. The SMILES string of the molecule is COc1ccc2c3c1O[C@@H]1[C@]34CCN(CC3CC3)[C@H](C2)[C@@]42C=C(C(=O)N(C)Cc3cncnc3)[C@]1(OC)CC2. The van der Waals surface area contributed by atoms with Crippen molar-refractivity contribution in [2.24, 2.45) is 11.3 Å². The summed E-state index contributed by atoms with van der Waals surface area (Å²) < 4.78 is 19.4. The van der Waals surface area contributed by atoms with Crippen molar-refractivity contribution >= 4 is 5.91 Å². The molecule has 2 aliphatic heterocycles. The minimum absolute atomic E-state index is 0.00115. The highest BCUT2D eigenvalue weighted by atomic mass is 16.6. The minimum atomic E-state index is -0.817. The third-order valence-corrected chi connectivity index (χ3v) is 11.0. The fourth-order valence-corrected chi connectivity index (χ4v) is 9.21. The standard InChI is InChI=1S/C31H36N4O4/c1-34(16-20-14-32-18-33-15-20)27(36)22-13-29-8-9-31(22,38-3)28-30(29)10-11-35(17-19-4-5-19)24(29)12-21-6-7-23(37-2)26(39-28)25(21)30/h6-7,13-15,18-19,24,28H,4-5,8-12,16-17H2,1-3H3/t24-,28-,29-,30+,31-/m1/s1. The molecule has 1 aromatic carbocycles. The van der Waals surface area contributed by atoms with Gasteiger partial charge in [-0.25, -0.2) is 9.97 Å². The van der Waals surface area contributed by atoms with Gasteiger partial charge in [0.25, 0.3) is 5.91 Å². The first-order valence-electron chi connectivity index (χ1n) is 14.4. The van der Waals surface area contributed by atoms with E-state index in [0.29, 0.717) is 12.6 Å². The van der Waals surface area contributed by atoms with Crippen molar-refractivity contribution < 1.29 is 19.0 Å². The number of likely N-dealkylation sites (N-methyl/N-ethyl adjacent to an activating group) is 1. The molecule has 39 heavy (non-hydrogen) atoms. The van der Waals surface area contributed by atoms with Gasteiger partial charge in [0, 0.05) is 67.8 Å². The Morgan fingerprint density at radius 3 is 2.74 bits per heavy atom. The van der Waals surface area contributed by atoms with Crippen LogP contribution in [0.25, 0.3) is 0 Å².